The van der Waals surface area contributed by atoms with Crippen molar-refractivity contribution >= 4 is 0 Å². The molecule has 0 aliphatic heterocycles. The summed E-state index contributed by atoms with van der Waals surface area (Å²) in [5, 5.41) is 3.43. The van der Waals surface area contributed by atoms with E-state index in [1.165, 1.54) is 31.2 Å². The molecule has 3 atom stereocenters. The first-order valence-corrected chi connectivity index (χ1v) is 6.04. The molecule has 1 aromatic heterocycles. The fourth-order valence-corrected chi connectivity index (χ4v) is 2.91. The SMILES string of the molecule is CCC1CCC(C(NC)c2ccoc2)C1. The van der Waals surface area contributed by atoms with Crippen molar-refractivity contribution < 1.29 is 4.42 Å². The summed E-state index contributed by atoms with van der Waals surface area (Å²) in [6.07, 6.45) is 9.10. The first-order chi connectivity index (χ1) is 7.35. The van der Waals surface area contributed by atoms with Gasteiger partial charge in [-0.3, -0.25) is 0 Å². The quantitative estimate of drug-likeness (QED) is 0.819. The molecule has 84 valence electrons. The highest BCUT2D eigenvalue weighted by atomic mass is 16.3. The summed E-state index contributed by atoms with van der Waals surface area (Å²) in [5.41, 5.74) is 1.30. The third-order valence-corrected chi connectivity index (χ3v) is 3.84. The monoisotopic (exact) mass is 207 g/mol. The molecular weight excluding hydrogens is 186 g/mol. The van der Waals surface area contributed by atoms with E-state index in [9.17, 15) is 0 Å². The van der Waals surface area contributed by atoms with Crippen LogP contribution in [0.4, 0.5) is 0 Å². The summed E-state index contributed by atoms with van der Waals surface area (Å²) in [4.78, 5) is 0. The van der Waals surface area contributed by atoms with Crippen LogP contribution in [-0.4, -0.2) is 7.05 Å². The first-order valence-electron chi connectivity index (χ1n) is 6.04. The summed E-state index contributed by atoms with van der Waals surface area (Å²) in [6.45, 7) is 2.30. The second-order valence-corrected chi connectivity index (χ2v) is 4.67. The molecule has 0 bridgehead atoms. The third kappa shape index (κ3) is 2.25. The Morgan fingerprint density at radius 1 is 1.53 bits per heavy atom. The molecule has 0 saturated heterocycles. The molecule has 15 heavy (non-hydrogen) atoms. The average Bonchev–Trinajstić information content (AvgIpc) is 2.89. The Labute approximate surface area is 92.1 Å². The van der Waals surface area contributed by atoms with Crippen LogP contribution in [0.5, 0.6) is 0 Å². The van der Waals surface area contributed by atoms with Gasteiger partial charge < -0.3 is 9.73 Å². The number of hydrogen-bond donors (Lipinski definition) is 1. The molecule has 1 N–H and O–H groups in total. The molecule has 0 radical (unpaired) electrons. The van der Waals surface area contributed by atoms with Crippen molar-refractivity contribution in [3.8, 4) is 0 Å². The zero-order valence-electron chi connectivity index (χ0n) is 9.70. The Morgan fingerprint density at radius 3 is 2.93 bits per heavy atom. The fourth-order valence-electron chi connectivity index (χ4n) is 2.91. The van der Waals surface area contributed by atoms with E-state index in [1.54, 1.807) is 6.26 Å². The molecule has 1 heterocycles. The number of furan rings is 1. The van der Waals surface area contributed by atoms with Gasteiger partial charge in [-0.25, -0.2) is 0 Å². The second kappa shape index (κ2) is 4.84. The van der Waals surface area contributed by atoms with Gasteiger partial charge in [-0.05, 0) is 37.8 Å². The highest BCUT2D eigenvalue weighted by Gasteiger charge is 2.30. The normalized spacial score (nSPS) is 28.1. The standard InChI is InChI=1S/C13H21NO/c1-3-10-4-5-11(8-10)13(14-2)12-6-7-15-9-12/h6-7,9-11,13-14H,3-5,8H2,1-2H3. The highest BCUT2D eigenvalue weighted by molar-refractivity contribution is 5.13. The predicted octanol–water partition coefficient (Wildman–Crippen LogP) is 3.37. The molecule has 1 aromatic rings. The van der Waals surface area contributed by atoms with E-state index >= 15 is 0 Å². The van der Waals surface area contributed by atoms with Crippen LogP contribution in [0.3, 0.4) is 0 Å². The zero-order valence-corrected chi connectivity index (χ0v) is 9.70. The minimum absolute atomic E-state index is 0.486. The minimum atomic E-state index is 0.486. The molecule has 0 spiro atoms. The Balaban J connectivity index is 2.02. The van der Waals surface area contributed by atoms with Crippen molar-refractivity contribution in [2.45, 2.75) is 38.6 Å². The van der Waals surface area contributed by atoms with Gasteiger partial charge >= 0.3 is 0 Å². The van der Waals surface area contributed by atoms with Gasteiger partial charge in [0.15, 0.2) is 0 Å². The molecule has 2 nitrogen and oxygen atoms in total. The zero-order chi connectivity index (χ0) is 10.7. The number of hydrogen-bond acceptors (Lipinski definition) is 2. The van der Waals surface area contributed by atoms with Crippen LogP contribution in [0.25, 0.3) is 0 Å². The largest absolute Gasteiger partial charge is 0.472 e. The minimum Gasteiger partial charge on any atom is -0.472 e. The summed E-state index contributed by atoms with van der Waals surface area (Å²) >= 11 is 0. The Morgan fingerprint density at radius 2 is 2.40 bits per heavy atom. The van der Waals surface area contributed by atoms with Crippen molar-refractivity contribution in [2.75, 3.05) is 7.05 Å². The Kier molecular flexibility index (Phi) is 3.47. The summed E-state index contributed by atoms with van der Waals surface area (Å²) in [5.74, 6) is 1.73. The maximum Gasteiger partial charge on any atom is 0.0950 e. The van der Waals surface area contributed by atoms with Gasteiger partial charge in [0.05, 0.1) is 12.5 Å². The predicted molar refractivity (Wildman–Crippen MR) is 61.6 cm³/mol. The van der Waals surface area contributed by atoms with E-state index in [-0.39, 0.29) is 0 Å². The van der Waals surface area contributed by atoms with Gasteiger partial charge in [0, 0.05) is 11.6 Å². The lowest BCUT2D eigenvalue weighted by atomic mass is 9.92. The van der Waals surface area contributed by atoms with Gasteiger partial charge in [0.2, 0.25) is 0 Å². The molecule has 2 heteroatoms. The maximum atomic E-state index is 5.17. The molecule has 0 aromatic carbocycles. The molecule has 1 aliphatic carbocycles. The highest BCUT2D eigenvalue weighted by Crippen LogP contribution is 2.40. The lowest BCUT2D eigenvalue weighted by Gasteiger charge is -2.22. The fraction of sp³-hybridized carbons (Fsp3) is 0.692. The van der Waals surface area contributed by atoms with Gasteiger partial charge in [-0.2, -0.15) is 0 Å². The van der Waals surface area contributed by atoms with E-state index in [0.29, 0.717) is 6.04 Å². The van der Waals surface area contributed by atoms with Gasteiger partial charge in [0.25, 0.3) is 0 Å². The van der Waals surface area contributed by atoms with Crippen molar-refractivity contribution in [3.05, 3.63) is 24.2 Å². The molecule has 1 fully saturated rings. The van der Waals surface area contributed by atoms with Gasteiger partial charge in [-0.1, -0.05) is 19.8 Å². The summed E-state index contributed by atoms with van der Waals surface area (Å²) in [7, 11) is 2.05. The van der Waals surface area contributed by atoms with Crippen LogP contribution in [-0.2, 0) is 0 Å². The van der Waals surface area contributed by atoms with Gasteiger partial charge in [-0.15, -0.1) is 0 Å². The Hall–Kier alpha value is -0.760. The van der Waals surface area contributed by atoms with Crippen LogP contribution < -0.4 is 5.32 Å². The third-order valence-electron chi connectivity index (χ3n) is 3.84. The topological polar surface area (TPSA) is 25.2 Å². The molecule has 3 unspecified atom stereocenters. The molecule has 2 rings (SSSR count). The second-order valence-electron chi connectivity index (χ2n) is 4.67. The molecule has 1 aliphatic rings. The van der Waals surface area contributed by atoms with Crippen molar-refractivity contribution in [3.63, 3.8) is 0 Å². The van der Waals surface area contributed by atoms with Crippen LogP contribution in [0.1, 0.15) is 44.2 Å². The number of nitrogens with one attached hydrogen (secondary N) is 1. The molecular formula is C13H21NO. The van der Waals surface area contributed by atoms with E-state index in [2.05, 4.69) is 25.4 Å². The Bertz CT molecular complexity index is 281. The van der Waals surface area contributed by atoms with Crippen LogP contribution in [0.2, 0.25) is 0 Å². The maximum absolute atomic E-state index is 5.17. The first kappa shape index (κ1) is 10.7. The van der Waals surface area contributed by atoms with Crippen molar-refractivity contribution in [2.24, 2.45) is 11.8 Å². The van der Waals surface area contributed by atoms with E-state index in [4.69, 9.17) is 4.42 Å². The van der Waals surface area contributed by atoms with Gasteiger partial charge in [0.1, 0.15) is 0 Å². The summed E-state index contributed by atoms with van der Waals surface area (Å²) in [6, 6.07) is 2.57. The van der Waals surface area contributed by atoms with Crippen molar-refractivity contribution in [1.82, 2.24) is 5.32 Å². The average molecular weight is 207 g/mol. The summed E-state index contributed by atoms with van der Waals surface area (Å²) < 4.78 is 5.17. The molecule has 1 saturated carbocycles. The lowest BCUT2D eigenvalue weighted by Crippen LogP contribution is -2.23. The lowest BCUT2D eigenvalue weighted by molar-refractivity contribution is 0.370. The van der Waals surface area contributed by atoms with Crippen LogP contribution in [0, 0.1) is 11.8 Å². The van der Waals surface area contributed by atoms with E-state index in [0.717, 1.165) is 11.8 Å². The van der Waals surface area contributed by atoms with E-state index < -0.39 is 0 Å². The van der Waals surface area contributed by atoms with Crippen molar-refractivity contribution in [1.29, 1.82) is 0 Å². The van der Waals surface area contributed by atoms with E-state index in [1.807, 2.05) is 6.26 Å². The van der Waals surface area contributed by atoms with Crippen LogP contribution in [0.15, 0.2) is 23.0 Å². The van der Waals surface area contributed by atoms with Crippen LogP contribution >= 0.6 is 0 Å². The smallest absolute Gasteiger partial charge is 0.0950 e. The number of rotatable bonds is 4. The molecule has 0 amide bonds.